The zero-order valence-electron chi connectivity index (χ0n) is 18.3. The molecule has 2 aliphatic rings. The number of benzene rings is 1. The van der Waals surface area contributed by atoms with Crippen molar-refractivity contribution in [3.05, 3.63) is 46.5 Å². The monoisotopic (exact) mass is 477 g/mol. The van der Waals surface area contributed by atoms with E-state index in [1.807, 2.05) is 18.2 Å². The van der Waals surface area contributed by atoms with Gasteiger partial charge in [-0.15, -0.1) is 0 Å². The number of nitrogens with one attached hydrogen (secondary N) is 1. The predicted octanol–water partition coefficient (Wildman–Crippen LogP) is 2.55. The molecule has 0 unspecified atom stereocenters. The molecule has 1 aromatic carbocycles. The minimum Gasteiger partial charge on any atom is -0.507 e. The largest absolute Gasteiger partial charge is 0.507 e. The number of carbonyl (C=O) groups is 2. The molecule has 3 rings (SSSR count). The molecule has 9 nitrogen and oxygen atoms in total. The molecule has 1 amide bonds. The van der Waals surface area contributed by atoms with Crippen molar-refractivity contribution in [1.82, 2.24) is 10.2 Å². The predicted molar refractivity (Wildman–Crippen MR) is 124 cm³/mol. The third kappa shape index (κ3) is 6.97. The molecule has 0 spiro atoms. The smallest absolute Gasteiger partial charge is 0.342 e. The fraction of sp³-hybridized carbons (Fsp3) is 0.435. The first-order valence-electron chi connectivity index (χ1n) is 10.9. The summed E-state index contributed by atoms with van der Waals surface area (Å²) in [6.45, 7) is 2.59. The number of oxime groups is 1. The number of amides is 1. The van der Waals surface area contributed by atoms with E-state index >= 15 is 0 Å². The van der Waals surface area contributed by atoms with Gasteiger partial charge >= 0.3 is 5.97 Å². The normalized spacial score (nSPS) is 20.9. The van der Waals surface area contributed by atoms with Gasteiger partial charge in [0.15, 0.2) is 6.61 Å². The standard InChI is InChI=1S/C23H28ClN3O6/c24-22-17-13-16(26-33-15-20(30)27-10-8-25-9-11-27)7-5-3-1-2-4-6-12-32-23(31)21(17)18(28)14-19(22)29/h2,4-5,7,14,25,28-29H,1,3,6,8-13,15H2/b4-2+,7-5+,26-16+. The van der Waals surface area contributed by atoms with E-state index in [4.69, 9.17) is 21.2 Å². The van der Waals surface area contributed by atoms with Gasteiger partial charge in [-0.3, -0.25) is 4.79 Å². The third-order valence-electron chi connectivity index (χ3n) is 5.22. The maximum atomic E-state index is 12.7. The highest BCUT2D eigenvalue weighted by Gasteiger charge is 2.24. The summed E-state index contributed by atoms with van der Waals surface area (Å²) in [5.74, 6) is -1.75. The number of esters is 1. The molecule has 2 aliphatic heterocycles. The maximum absolute atomic E-state index is 12.7. The van der Waals surface area contributed by atoms with Crippen molar-refractivity contribution in [3.8, 4) is 11.5 Å². The minimum atomic E-state index is -0.756. The number of hydrogen-bond donors (Lipinski definition) is 3. The van der Waals surface area contributed by atoms with Crippen LogP contribution in [0.2, 0.25) is 5.02 Å². The molecule has 3 N–H and O–H groups in total. The molecule has 0 saturated carbocycles. The highest BCUT2D eigenvalue weighted by atomic mass is 35.5. The zero-order chi connectivity index (χ0) is 23.6. The van der Waals surface area contributed by atoms with Crippen LogP contribution in [0.5, 0.6) is 11.5 Å². The van der Waals surface area contributed by atoms with Gasteiger partial charge in [-0.2, -0.15) is 0 Å². The van der Waals surface area contributed by atoms with Crippen LogP contribution in [0.3, 0.4) is 0 Å². The molecule has 0 aliphatic carbocycles. The number of rotatable bonds is 3. The first-order valence-corrected chi connectivity index (χ1v) is 11.2. The Labute approximate surface area is 197 Å². The second kappa shape index (κ2) is 12.3. The van der Waals surface area contributed by atoms with E-state index < -0.39 is 11.7 Å². The van der Waals surface area contributed by atoms with Crippen LogP contribution < -0.4 is 5.32 Å². The second-order valence-corrected chi connectivity index (χ2v) is 8.00. The lowest BCUT2D eigenvalue weighted by Gasteiger charge is -2.26. The van der Waals surface area contributed by atoms with Crippen LogP contribution in [-0.4, -0.2) is 72.1 Å². The summed E-state index contributed by atoms with van der Waals surface area (Å²) in [5, 5.41) is 27.6. The average Bonchev–Trinajstić information content (AvgIpc) is 2.80. The molecule has 10 heteroatoms. The molecule has 178 valence electrons. The van der Waals surface area contributed by atoms with Gasteiger partial charge in [-0.05, 0) is 30.9 Å². The van der Waals surface area contributed by atoms with E-state index in [-0.39, 0.29) is 47.4 Å². The number of phenolic OH excluding ortho intramolecular Hbond substituents is 2. The number of allylic oxidation sites excluding steroid dienone is 3. The second-order valence-electron chi connectivity index (χ2n) is 7.62. The van der Waals surface area contributed by atoms with Crippen molar-refractivity contribution in [2.75, 3.05) is 39.4 Å². The van der Waals surface area contributed by atoms with Gasteiger partial charge in [-0.25, -0.2) is 4.79 Å². The van der Waals surface area contributed by atoms with Gasteiger partial charge in [0.05, 0.1) is 17.3 Å². The highest BCUT2D eigenvalue weighted by molar-refractivity contribution is 6.33. The number of cyclic esters (lactones) is 1. The van der Waals surface area contributed by atoms with Crippen molar-refractivity contribution in [2.45, 2.75) is 25.7 Å². The topological polar surface area (TPSA) is 121 Å². The molecule has 1 fully saturated rings. The van der Waals surface area contributed by atoms with Crippen molar-refractivity contribution < 1.29 is 29.4 Å². The Morgan fingerprint density at radius 2 is 1.88 bits per heavy atom. The summed E-state index contributed by atoms with van der Waals surface area (Å²) < 4.78 is 5.27. The number of phenols is 2. The van der Waals surface area contributed by atoms with Crippen LogP contribution in [0.15, 0.2) is 35.5 Å². The summed E-state index contributed by atoms with van der Waals surface area (Å²) in [6.07, 6.45) is 9.55. The van der Waals surface area contributed by atoms with Crippen molar-refractivity contribution in [2.24, 2.45) is 5.16 Å². The van der Waals surface area contributed by atoms with E-state index in [1.165, 1.54) is 0 Å². The summed E-state index contributed by atoms with van der Waals surface area (Å²) in [5.41, 5.74) is 0.383. The lowest BCUT2D eigenvalue weighted by Crippen LogP contribution is -2.47. The summed E-state index contributed by atoms with van der Waals surface area (Å²) in [7, 11) is 0. The SMILES string of the molecule is O=C1OCC/C=C/CC/C=C/C(=N\OCC(=O)N2CCNCC2)Cc2c(Cl)c(O)cc(O)c21. The number of halogens is 1. The first-order chi connectivity index (χ1) is 16.0. The number of nitrogens with zero attached hydrogens (tertiary/aromatic N) is 2. The third-order valence-corrected chi connectivity index (χ3v) is 5.64. The zero-order valence-corrected chi connectivity index (χ0v) is 19.0. The molecule has 1 aromatic rings. The Hall–Kier alpha value is -3.04. The van der Waals surface area contributed by atoms with Gasteiger partial charge in [0.25, 0.3) is 5.91 Å². The lowest BCUT2D eigenvalue weighted by atomic mass is 9.99. The number of ether oxygens (including phenoxy) is 1. The van der Waals surface area contributed by atoms with Crippen molar-refractivity contribution in [3.63, 3.8) is 0 Å². The fourth-order valence-corrected chi connectivity index (χ4v) is 3.71. The van der Waals surface area contributed by atoms with E-state index in [0.717, 1.165) is 32.0 Å². The number of hydrogen-bond acceptors (Lipinski definition) is 8. The highest BCUT2D eigenvalue weighted by Crippen LogP contribution is 2.37. The molecular formula is C23H28ClN3O6. The van der Waals surface area contributed by atoms with E-state index in [9.17, 15) is 19.8 Å². The van der Waals surface area contributed by atoms with Gasteiger partial charge < -0.3 is 30.0 Å². The Bertz CT molecular complexity index is 954. The number of aromatic hydroxyl groups is 2. The minimum absolute atomic E-state index is 0.0284. The Morgan fingerprint density at radius 1 is 1.15 bits per heavy atom. The van der Waals surface area contributed by atoms with Crippen LogP contribution in [0.25, 0.3) is 0 Å². The summed E-state index contributed by atoms with van der Waals surface area (Å²) in [4.78, 5) is 32.0. The van der Waals surface area contributed by atoms with Crippen LogP contribution in [0.4, 0.5) is 0 Å². The Kier molecular flexibility index (Phi) is 9.14. The molecule has 1 saturated heterocycles. The van der Waals surface area contributed by atoms with Crippen LogP contribution in [-0.2, 0) is 20.8 Å². The van der Waals surface area contributed by atoms with Gasteiger partial charge in [0.2, 0.25) is 0 Å². The number of fused-ring (bicyclic) bond motifs is 1. The van der Waals surface area contributed by atoms with Crippen LogP contribution in [0, 0.1) is 0 Å². The van der Waals surface area contributed by atoms with Gasteiger partial charge in [-0.1, -0.05) is 35.0 Å². The number of carbonyl (C=O) groups excluding carboxylic acids is 2. The first kappa shape index (κ1) is 24.6. The van der Waals surface area contributed by atoms with Gasteiger partial charge in [0, 0.05) is 38.7 Å². The van der Waals surface area contributed by atoms with E-state index in [2.05, 4.69) is 10.5 Å². The number of piperazine rings is 1. The average molecular weight is 478 g/mol. The maximum Gasteiger partial charge on any atom is 0.342 e. The van der Waals surface area contributed by atoms with Crippen LogP contribution >= 0.6 is 11.6 Å². The Balaban J connectivity index is 1.86. The molecular weight excluding hydrogens is 450 g/mol. The fourth-order valence-electron chi connectivity index (χ4n) is 3.50. The lowest BCUT2D eigenvalue weighted by molar-refractivity contribution is -0.136. The summed E-state index contributed by atoms with van der Waals surface area (Å²) in [6, 6.07) is 1.00. The van der Waals surface area contributed by atoms with Gasteiger partial charge in [0.1, 0.15) is 17.1 Å². The Morgan fingerprint density at radius 3 is 2.67 bits per heavy atom. The van der Waals surface area contributed by atoms with Crippen molar-refractivity contribution >= 4 is 29.2 Å². The van der Waals surface area contributed by atoms with E-state index in [0.29, 0.717) is 25.2 Å². The summed E-state index contributed by atoms with van der Waals surface area (Å²) >= 11 is 6.28. The molecule has 0 atom stereocenters. The molecule has 33 heavy (non-hydrogen) atoms. The van der Waals surface area contributed by atoms with Crippen LogP contribution in [0.1, 0.15) is 35.2 Å². The molecule has 0 radical (unpaired) electrons. The quantitative estimate of drug-likeness (QED) is 0.347. The van der Waals surface area contributed by atoms with E-state index in [1.54, 1.807) is 11.0 Å². The molecule has 0 aromatic heterocycles. The van der Waals surface area contributed by atoms with Crippen molar-refractivity contribution in [1.29, 1.82) is 0 Å². The molecule has 2 heterocycles. The molecule has 0 bridgehead atoms.